The van der Waals surface area contributed by atoms with Crippen LogP contribution in [0, 0.1) is 3.57 Å². The number of carbonyl (C=O) groups is 1. The fraction of sp³-hybridized carbons (Fsp3) is 0.333. The quantitative estimate of drug-likeness (QED) is 0.584. The number of aryl methyl sites for hydroxylation is 1. The van der Waals surface area contributed by atoms with Crippen molar-refractivity contribution in [2.75, 3.05) is 0 Å². The molecule has 0 saturated heterocycles. The van der Waals surface area contributed by atoms with Crippen molar-refractivity contribution >= 4 is 28.6 Å². The molecule has 0 fully saturated rings. The van der Waals surface area contributed by atoms with E-state index in [4.69, 9.17) is 5.11 Å². The number of benzene rings is 1. The summed E-state index contributed by atoms with van der Waals surface area (Å²) in [4.78, 5) is 10.4. The molecule has 5 heteroatoms. The topological polar surface area (TPSA) is 55.1 Å². The lowest BCUT2D eigenvalue weighted by molar-refractivity contribution is -0.137. The molecule has 0 spiro atoms. The predicted octanol–water partition coefficient (Wildman–Crippen LogP) is 3.80. The Morgan fingerprint density at radius 2 is 2.05 bits per heavy atom. The first-order chi connectivity index (χ1) is 9.66. The van der Waals surface area contributed by atoms with Crippen molar-refractivity contribution in [2.24, 2.45) is 0 Å². The van der Waals surface area contributed by atoms with Crippen molar-refractivity contribution in [1.82, 2.24) is 9.78 Å². The number of nitrogens with zero attached hydrogens (tertiary/aromatic N) is 2. The van der Waals surface area contributed by atoms with Crippen molar-refractivity contribution in [3.8, 4) is 11.1 Å². The minimum Gasteiger partial charge on any atom is -0.481 e. The number of aromatic nitrogens is 2. The predicted molar refractivity (Wildman–Crippen MR) is 86.5 cm³/mol. The van der Waals surface area contributed by atoms with Crippen LogP contribution in [0.5, 0.6) is 0 Å². The van der Waals surface area contributed by atoms with Gasteiger partial charge in [-0.05, 0) is 47.1 Å². The Kier molecular flexibility index (Phi) is 5.58. The van der Waals surface area contributed by atoms with Crippen molar-refractivity contribution < 1.29 is 9.90 Å². The van der Waals surface area contributed by atoms with E-state index in [2.05, 4.69) is 46.0 Å². The van der Waals surface area contributed by atoms with Crippen LogP contribution in [0.4, 0.5) is 0 Å². The average molecular weight is 384 g/mol. The minimum absolute atomic E-state index is 0.257. The number of halogens is 1. The van der Waals surface area contributed by atoms with Crippen LogP contribution < -0.4 is 0 Å². The molecule has 1 N–H and O–H groups in total. The number of rotatable bonds is 7. The molecule has 0 amide bonds. The summed E-state index contributed by atoms with van der Waals surface area (Å²) >= 11 is 2.33. The maximum Gasteiger partial charge on any atom is 0.303 e. The Bertz CT molecular complexity index is 581. The maximum atomic E-state index is 10.4. The Morgan fingerprint density at radius 3 is 2.80 bits per heavy atom. The van der Waals surface area contributed by atoms with Gasteiger partial charge in [-0.2, -0.15) is 5.10 Å². The van der Waals surface area contributed by atoms with Crippen LogP contribution in [-0.4, -0.2) is 20.9 Å². The Labute approximate surface area is 132 Å². The van der Waals surface area contributed by atoms with Gasteiger partial charge >= 0.3 is 5.97 Å². The van der Waals surface area contributed by atoms with Crippen molar-refractivity contribution in [3.63, 3.8) is 0 Å². The lowest BCUT2D eigenvalue weighted by atomic mass is 10.1. The highest BCUT2D eigenvalue weighted by molar-refractivity contribution is 14.1. The summed E-state index contributed by atoms with van der Waals surface area (Å²) in [5, 5.41) is 12.9. The van der Waals surface area contributed by atoms with Crippen LogP contribution in [-0.2, 0) is 11.3 Å². The standard InChI is InChI=1S/C15H17IN2O2/c16-14-7-4-3-6-13(14)12-10-17-18(11-12)9-5-1-2-8-15(19)20/h3-4,6-7,10-11H,1-2,5,8-9H2,(H,19,20). The molecule has 0 aliphatic rings. The van der Waals surface area contributed by atoms with Crippen LogP contribution in [0.3, 0.4) is 0 Å². The van der Waals surface area contributed by atoms with Gasteiger partial charge in [0.25, 0.3) is 0 Å². The molecule has 0 atom stereocenters. The van der Waals surface area contributed by atoms with Crippen LogP contribution in [0.15, 0.2) is 36.7 Å². The summed E-state index contributed by atoms with van der Waals surface area (Å²) < 4.78 is 3.14. The van der Waals surface area contributed by atoms with E-state index in [1.807, 2.05) is 23.0 Å². The molecule has 1 aromatic heterocycles. The summed E-state index contributed by atoms with van der Waals surface area (Å²) in [5.74, 6) is -0.718. The monoisotopic (exact) mass is 384 g/mol. The summed E-state index contributed by atoms with van der Waals surface area (Å²) in [6, 6.07) is 8.23. The van der Waals surface area contributed by atoms with Gasteiger partial charge in [-0.1, -0.05) is 24.6 Å². The number of aliphatic carboxylic acids is 1. The molecule has 0 unspecified atom stereocenters. The average Bonchev–Trinajstić information content (AvgIpc) is 2.87. The highest BCUT2D eigenvalue weighted by Crippen LogP contribution is 2.24. The van der Waals surface area contributed by atoms with Gasteiger partial charge in [0.15, 0.2) is 0 Å². The normalized spacial score (nSPS) is 10.7. The first-order valence-corrected chi connectivity index (χ1v) is 7.74. The van der Waals surface area contributed by atoms with E-state index in [0.717, 1.165) is 31.4 Å². The molecule has 1 heterocycles. The molecule has 0 radical (unpaired) electrons. The molecular weight excluding hydrogens is 367 g/mol. The second-order valence-electron chi connectivity index (χ2n) is 4.68. The Morgan fingerprint density at radius 1 is 1.25 bits per heavy atom. The third-order valence-corrected chi connectivity index (χ3v) is 4.04. The fourth-order valence-electron chi connectivity index (χ4n) is 2.05. The van der Waals surface area contributed by atoms with E-state index < -0.39 is 5.97 Å². The van der Waals surface area contributed by atoms with E-state index in [9.17, 15) is 4.79 Å². The van der Waals surface area contributed by atoms with Gasteiger partial charge in [0.2, 0.25) is 0 Å². The molecule has 106 valence electrons. The molecule has 0 saturated carbocycles. The highest BCUT2D eigenvalue weighted by atomic mass is 127. The number of hydrogen-bond donors (Lipinski definition) is 1. The fourth-order valence-corrected chi connectivity index (χ4v) is 2.75. The van der Waals surface area contributed by atoms with E-state index in [0.29, 0.717) is 0 Å². The summed E-state index contributed by atoms with van der Waals surface area (Å²) in [5.41, 5.74) is 2.32. The molecular formula is C15H17IN2O2. The van der Waals surface area contributed by atoms with E-state index in [1.54, 1.807) is 0 Å². The zero-order valence-corrected chi connectivity index (χ0v) is 13.3. The zero-order valence-electron chi connectivity index (χ0n) is 11.1. The molecule has 2 aromatic rings. The Hall–Kier alpha value is -1.37. The van der Waals surface area contributed by atoms with Crippen LogP contribution in [0.25, 0.3) is 11.1 Å². The molecule has 1 aromatic carbocycles. The summed E-state index contributed by atoms with van der Waals surface area (Å²) in [6.07, 6.45) is 6.81. The molecule has 0 aliphatic heterocycles. The second-order valence-corrected chi connectivity index (χ2v) is 5.84. The van der Waals surface area contributed by atoms with Gasteiger partial charge in [-0.15, -0.1) is 0 Å². The summed E-state index contributed by atoms with van der Waals surface area (Å²) in [6.45, 7) is 0.836. The largest absolute Gasteiger partial charge is 0.481 e. The third kappa shape index (κ3) is 4.33. The van der Waals surface area contributed by atoms with Crippen molar-refractivity contribution in [3.05, 3.63) is 40.2 Å². The van der Waals surface area contributed by atoms with Crippen molar-refractivity contribution in [1.29, 1.82) is 0 Å². The maximum absolute atomic E-state index is 10.4. The molecule has 0 aliphatic carbocycles. The first-order valence-electron chi connectivity index (χ1n) is 6.66. The van der Waals surface area contributed by atoms with Gasteiger partial charge in [0.05, 0.1) is 6.20 Å². The smallest absolute Gasteiger partial charge is 0.303 e. The zero-order chi connectivity index (χ0) is 14.4. The molecule has 20 heavy (non-hydrogen) atoms. The minimum atomic E-state index is -0.718. The van der Waals surface area contributed by atoms with Crippen LogP contribution in [0.1, 0.15) is 25.7 Å². The van der Waals surface area contributed by atoms with Crippen LogP contribution >= 0.6 is 22.6 Å². The van der Waals surface area contributed by atoms with Gasteiger partial charge in [-0.3, -0.25) is 9.48 Å². The lowest BCUT2D eigenvalue weighted by Crippen LogP contribution is -1.99. The van der Waals surface area contributed by atoms with Gasteiger partial charge in [-0.25, -0.2) is 0 Å². The lowest BCUT2D eigenvalue weighted by Gasteiger charge is -2.01. The first kappa shape index (κ1) is 15.0. The highest BCUT2D eigenvalue weighted by Gasteiger charge is 2.05. The van der Waals surface area contributed by atoms with E-state index in [1.165, 1.54) is 9.13 Å². The second kappa shape index (κ2) is 7.42. The van der Waals surface area contributed by atoms with Gasteiger partial charge in [0.1, 0.15) is 0 Å². The number of carboxylic acid groups (broad SMARTS) is 1. The molecule has 2 rings (SSSR count). The number of unbranched alkanes of at least 4 members (excludes halogenated alkanes) is 2. The van der Waals surface area contributed by atoms with Crippen LogP contribution in [0.2, 0.25) is 0 Å². The number of hydrogen-bond acceptors (Lipinski definition) is 2. The van der Waals surface area contributed by atoms with E-state index >= 15 is 0 Å². The third-order valence-electron chi connectivity index (χ3n) is 3.10. The van der Waals surface area contributed by atoms with Crippen molar-refractivity contribution in [2.45, 2.75) is 32.2 Å². The number of carboxylic acids is 1. The molecule has 4 nitrogen and oxygen atoms in total. The van der Waals surface area contributed by atoms with Gasteiger partial charge in [0, 0.05) is 28.3 Å². The molecule has 0 bridgehead atoms. The summed E-state index contributed by atoms with van der Waals surface area (Å²) in [7, 11) is 0. The van der Waals surface area contributed by atoms with Gasteiger partial charge < -0.3 is 5.11 Å². The van der Waals surface area contributed by atoms with E-state index in [-0.39, 0.29) is 6.42 Å². The SMILES string of the molecule is O=C(O)CCCCCn1cc(-c2ccccc2I)cn1. The Balaban J connectivity index is 1.87.